The van der Waals surface area contributed by atoms with Gasteiger partial charge in [0.25, 0.3) is 0 Å². The number of rotatable bonds is 7. The predicted octanol–water partition coefficient (Wildman–Crippen LogP) is 2.47. The largest absolute Gasteiger partial charge is 0.317 e. The van der Waals surface area contributed by atoms with Crippen molar-refractivity contribution in [2.45, 2.75) is 66.0 Å². The Morgan fingerprint density at radius 2 is 1.78 bits per heavy atom. The molecule has 3 nitrogen and oxygen atoms in total. The average Bonchev–Trinajstić information content (AvgIpc) is 2.38. The van der Waals surface area contributed by atoms with Gasteiger partial charge in [0.1, 0.15) is 0 Å². The van der Waals surface area contributed by atoms with Crippen LogP contribution in [0.2, 0.25) is 0 Å². The van der Waals surface area contributed by atoms with Crippen LogP contribution >= 0.6 is 0 Å². The Balaban J connectivity index is 0.00000137. The summed E-state index contributed by atoms with van der Waals surface area (Å²) in [6.07, 6.45) is 3.93. The van der Waals surface area contributed by atoms with E-state index in [1.165, 1.54) is 45.4 Å². The van der Waals surface area contributed by atoms with Gasteiger partial charge in [0, 0.05) is 12.1 Å². The highest BCUT2D eigenvalue weighted by Gasteiger charge is 2.18. The zero-order valence-electron chi connectivity index (χ0n) is 13.3. The van der Waals surface area contributed by atoms with Crippen molar-refractivity contribution >= 4 is 0 Å². The molecule has 1 aliphatic heterocycles. The van der Waals surface area contributed by atoms with Crippen LogP contribution in [0.5, 0.6) is 0 Å². The van der Waals surface area contributed by atoms with Crippen molar-refractivity contribution in [1.82, 2.24) is 15.5 Å². The molecule has 0 unspecified atom stereocenters. The van der Waals surface area contributed by atoms with Gasteiger partial charge in [-0.3, -0.25) is 0 Å². The molecule has 2 N–H and O–H groups in total. The lowest BCUT2D eigenvalue weighted by molar-refractivity contribution is 0.191. The van der Waals surface area contributed by atoms with Crippen LogP contribution in [0.1, 0.15) is 53.9 Å². The van der Waals surface area contributed by atoms with Gasteiger partial charge < -0.3 is 15.5 Å². The fourth-order valence-electron chi connectivity index (χ4n) is 2.40. The molecule has 0 amide bonds. The van der Waals surface area contributed by atoms with Crippen molar-refractivity contribution in [3.63, 3.8) is 0 Å². The minimum absolute atomic E-state index is 0.630. The van der Waals surface area contributed by atoms with Gasteiger partial charge in [0.2, 0.25) is 0 Å². The number of likely N-dealkylation sites (tertiary alicyclic amines) is 1. The molecule has 0 atom stereocenters. The smallest absolute Gasteiger partial charge is 0.00937 e. The van der Waals surface area contributed by atoms with Gasteiger partial charge in [-0.2, -0.15) is 0 Å². The van der Waals surface area contributed by atoms with Crippen LogP contribution in [0.25, 0.3) is 0 Å². The number of nitrogens with zero attached hydrogens (tertiary/aromatic N) is 1. The molecule has 3 heteroatoms. The summed E-state index contributed by atoms with van der Waals surface area (Å²) in [6, 6.07) is 1.38. The molecule has 0 aliphatic carbocycles. The second kappa shape index (κ2) is 11.9. The average molecular weight is 257 g/mol. The van der Waals surface area contributed by atoms with Crippen molar-refractivity contribution in [2.24, 2.45) is 0 Å². The highest BCUT2D eigenvalue weighted by atomic mass is 15.1. The highest BCUT2D eigenvalue weighted by Crippen LogP contribution is 2.10. The first-order valence-corrected chi connectivity index (χ1v) is 7.91. The Hall–Kier alpha value is -0.120. The van der Waals surface area contributed by atoms with E-state index in [0.717, 1.165) is 12.6 Å². The molecule has 0 aromatic rings. The van der Waals surface area contributed by atoms with E-state index >= 15 is 0 Å². The summed E-state index contributed by atoms with van der Waals surface area (Å²) in [5, 5.41) is 7.02. The minimum atomic E-state index is 0.630. The molecule has 1 aliphatic rings. The lowest BCUT2D eigenvalue weighted by atomic mass is 10.0. The molecule has 1 heterocycles. The van der Waals surface area contributed by atoms with Crippen molar-refractivity contribution in [3.05, 3.63) is 0 Å². The maximum atomic E-state index is 3.64. The molecule has 0 radical (unpaired) electrons. The summed E-state index contributed by atoms with van der Waals surface area (Å²) in [5.74, 6) is 0. The number of hydrogen-bond donors (Lipinski definition) is 2. The molecular formula is C15H35N3. The summed E-state index contributed by atoms with van der Waals surface area (Å²) < 4.78 is 0. The van der Waals surface area contributed by atoms with Gasteiger partial charge in [-0.15, -0.1) is 0 Å². The van der Waals surface area contributed by atoms with Crippen LogP contribution in [0.15, 0.2) is 0 Å². The number of piperidine rings is 1. The van der Waals surface area contributed by atoms with Crippen molar-refractivity contribution in [2.75, 3.05) is 32.7 Å². The van der Waals surface area contributed by atoms with Gasteiger partial charge in [-0.25, -0.2) is 0 Å². The molecule has 1 saturated heterocycles. The van der Waals surface area contributed by atoms with Crippen molar-refractivity contribution in [1.29, 1.82) is 0 Å². The van der Waals surface area contributed by atoms with E-state index in [1.54, 1.807) is 0 Å². The standard InChI is InChI=1S/C13H29N3.C2H6/c1-4-14-8-5-9-16-10-6-13(7-11-16)15-12(2)3;1-2/h12-15H,4-11H2,1-3H3;1-2H3. The van der Waals surface area contributed by atoms with E-state index in [1.807, 2.05) is 13.8 Å². The zero-order valence-corrected chi connectivity index (χ0v) is 13.3. The SMILES string of the molecule is CC.CCNCCCN1CCC(NC(C)C)CC1. The quantitative estimate of drug-likeness (QED) is 0.686. The molecule has 1 fully saturated rings. The summed E-state index contributed by atoms with van der Waals surface area (Å²) in [7, 11) is 0. The van der Waals surface area contributed by atoms with Crippen LogP contribution in [0, 0.1) is 0 Å². The third-order valence-corrected chi connectivity index (χ3v) is 3.23. The number of nitrogens with one attached hydrogen (secondary N) is 2. The maximum Gasteiger partial charge on any atom is 0.00937 e. The van der Waals surface area contributed by atoms with Gasteiger partial charge in [-0.05, 0) is 52.0 Å². The lowest BCUT2D eigenvalue weighted by Crippen LogP contribution is -2.45. The molecule has 0 saturated carbocycles. The molecule has 0 aromatic carbocycles. The first-order valence-electron chi connectivity index (χ1n) is 7.91. The van der Waals surface area contributed by atoms with Crippen molar-refractivity contribution < 1.29 is 0 Å². The fourth-order valence-corrected chi connectivity index (χ4v) is 2.40. The fraction of sp³-hybridized carbons (Fsp3) is 1.00. The van der Waals surface area contributed by atoms with E-state index in [9.17, 15) is 0 Å². The topological polar surface area (TPSA) is 27.3 Å². The van der Waals surface area contributed by atoms with E-state index in [-0.39, 0.29) is 0 Å². The predicted molar refractivity (Wildman–Crippen MR) is 82.2 cm³/mol. The van der Waals surface area contributed by atoms with Gasteiger partial charge >= 0.3 is 0 Å². The third-order valence-electron chi connectivity index (χ3n) is 3.23. The Bertz CT molecular complexity index is 163. The van der Waals surface area contributed by atoms with Gasteiger partial charge in [-0.1, -0.05) is 34.6 Å². The van der Waals surface area contributed by atoms with E-state index in [0.29, 0.717) is 6.04 Å². The molecule has 1 rings (SSSR count). The molecule has 0 aromatic heterocycles. The Morgan fingerprint density at radius 3 is 2.28 bits per heavy atom. The highest BCUT2D eigenvalue weighted by molar-refractivity contribution is 4.78. The first kappa shape index (κ1) is 17.9. The second-order valence-electron chi connectivity index (χ2n) is 5.14. The normalized spacial score (nSPS) is 17.7. The van der Waals surface area contributed by atoms with Crippen LogP contribution < -0.4 is 10.6 Å². The van der Waals surface area contributed by atoms with Crippen molar-refractivity contribution in [3.8, 4) is 0 Å². The molecule has 110 valence electrons. The van der Waals surface area contributed by atoms with E-state index < -0.39 is 0 Å². The lowest BCUT2D eigenvalue weighted by Gasteiger charge is -2.33. The van der Waals surface area contributed by atoms with Gasteiger partial charge in [0.15, 0.2) is 0 Å². The monoisotopic (exact) mass is 257 g/mol. The molecule has 18 heavy (non-hydrogen) atoms. The van der Waals surface area contributed by atoms with Crippen LogP contribution in [0.4, 0.5) is 0 Å². The number of hydrogen-bond acceptors (Lipinski definition) is 3. The summed E-state index contributed by atoms with van der Waals surface area (Å²) in [6.45, 7) is 16.7. The first-order chi connectivity index (χ1) is 8.72. The van der Waals surface area contributed by atoms with Crippen LogP contribution in [-0.4, -0.2) is 49.7 Å². The molecule has 0 bridgehead atoms. The summed E-state index contributed by atoms with van der Waals surface area (Å²) in [5.41, 5.74) is 0. The van der Waals surface area contributed by atoms with E-state index in [4.69, 9.17) is 0 Å². The minimum Gasteiger partial charge on any atom is -0.317 e. The molecular weight excluding hydrogens is 222 g/mol. The summed E-state index contributed by atoms with van der Waals surface area (Å²) >= 11 is 0. The maximum absolute atomic E-state index is 3.64. The van der Waals surface area contributed by atoms with Crippen LogP contribution in [0.3, 0.4) is 0 Å². The molecule has 0 spiro atoms. The summed E-state index contributed by atoms with van der Waals surface area (Å²) in [4.78, 5) is 2.61. The second-order valence-corrected chi connectivity index (χ2v) is 5.14. The Kier molecular flexibility index (Phi) is 11.9. The van der Waals surface area contributed by atoms with Gasteiger partial charge in [0.05, 0.1) is 0 Å². The zero-order chi connectivity index (χ0) is 13.8. The van der Waals surface area contributed by atoms with Crippen LogP contribution in [-0.2, 0) is 0 Å². The van der Waals surface area contributed by atoms with E-state index in [2.05, 4.69) is 36.3 Å². The Labute approximate surface area is 115 Å². The Morgan fingerprint density at radius 1 is 1.17 bits per heavy atom. The third kappa shape index (κ3) is 8.90.